The van der Waals surface area contributed by atoms with Gasteiger partial charge in [-0.3, -0.25) is 4.79 Å². The molecule has 0 radical (unpaired) electrons. The van der Waals surface area contributed by atoms with Crippen LogP contribution in [0.25, 0.3) is 11.4 Å². The predicted molar refractivity (Wildman–Crippen MR) is 98.5 cm³/mol. The van der Waals surface area contributed by atoms with Crippen molar-refractivity contribution in [3.8, 4) is 11.4 Å². The molecule has 0 saturated carbocycles. The van der Waals surface area contributed by atoms with Crippen LogP contribution in [0, 0.1) is 5.82 Å². The standard InChI is InChI=1S/C21H19FN4O/c1-25-10-2-3-19(25)21(27)26-15-8-9-18(26)16-12-23-20(24-17(16)11-15)13-4-6-14(22)7-5-13/h2-7,10,12,15,18H,8-9,11H2,1H3. The first-order valence-electron chi connectivity index (χ1n) is 9.17. The van der Waals surface area contributed by atoms with Gasteiger partial charge in [-0.1, -0.05) is 0 Å². The van der Waals surface area contributed by atoms with Crippen molar-refractivity contribution in [2.45, 2.75) is 31.3 Å². The Morgan fingerprint density at radius 1 is 1.19 bits per heavy atom. The molecule has 6 heteroatoms. The van der Waals surface area contributed by atoms with Crippen LogP contribution in [0.1, 0.15) is 40.6 Å². The third-order valence-corrected chi connectivity index (χ3v) is 5.69. The van der Waals surface area contributed by atoms with Gasteiger partial charge in [0.25, 0.3) is 5.91 Å². The van der Waals surface area contributed by atoms with Gasteiger partial charge in [-0.15, -0.1) is 0 Å². The van der Waals surface area contributed by atoms with E-state index in [9.17, 15) is 9.18 Å². The van der Waals surface area contributed by atoms with Crippen LogP contribution in [-0.2, 0) is 13.5 Å². The number of benzene rings is 1. The van der Waals surface area contributed by atoms with E-state index in [0.29, 0.717) is 11.5 Å². The normalized spacial score (nSPS) is 20.6. The number of fused-ring (bicyclic) bond motifs is 4. The van der Waals surface area contributed by atoms with Crippen LogP contribution in [0.15, 0.2) is 48.8 Å². The van der Waals surface area contributed by atoms with Crippen molar-refractivity contribution in [3.63, 3.8) is 0 Å². The quantitative estimate of drug-likeness (QED) is 0.701. The first-order chi connectivity index (χ1) is 13.1. The van der Waals surface area contributed by atoms with Gasteiger partial charge in [0, 0.05) is 43.0 Å². The van der Waals surface area contributed by atoms with Gasteiger partial charge in [0.2, 0.25) is 0 Å². The van der Waals surface area contributed by atoms with E-state index in [4.69, 9.17) is 4.98 Å². The number of hydrogen-bond donors (Lipinski definition) is 0. The van der Waals surface area contributed by atoms with E-state index in [1.807, 2.05) is 41.0 Å². The molecule has 2 aromatic heterocycles. The Balaban J connectivity index is 1.50. The lowest BCUT2D eigenvalue weighted by molar-refractivity contribution is 0.0634. The number of hydrogen-bond acceptors (Lipinski definition) is 3. The highest BCUT2D eigenvalue weighted by Crippen LogP contribution is 2.44. The summed E-state index contributed by atoms with van der Waals surface area (Å²) in [6, 6.07) is 10.2. The van der Waals surface area contributed by atoms with E-state index in [-0.39, 0.29) is 23.8 Å². The highest BCUT2D eigenvalue weighted by Gasteiger charge is 2.44. The fraction of sp³-hybridized carbons (Fsp3) is 0.286. The molecular formula is C21H19FN4O. The van der Waals surface area contributed by atoms with Crippen molar-refractivity contribution in [2.24, 2.45) is 7.05 Å². The summed E-state index contributed by atoms with van der Waals surface area (Å²) in [5.41, 5.74) is 3.55. The summed E-state index contributed by atoms with van der Waals surface area (Å²) in [6.45, 7) is 0. The average molecular weight is 362 g/mol. The van der Waals surface area contributed by atoms with E-state index in [2.05, 4.69) is 4.98 Å². The number of carbonyl (C=O) groups excluding carboxylic acids is 1. The Morgan fingerprint density at radius 2 is 2.00 bits per heavy atom. The topological polar surface area (TPSA) is 51.0 Å². The summed E-state index contributed by atoms with van der Waals surface area (Å²) in [7, 11) is 1.89. The lowest BCUT2D eigenvalue weighted by Crippen LogP contribution is -2.43. The zero-order valence-corrected chi connectivity index (χ0v) is 15.0. The number of nitrogens with zero attached hydrogens (tertiary/aromatic N) is 4. The van der Waals surface area contributed by atoms with Crippen molar-refractivity contribution in [2.75, 3.05) is 0 Å². The molecule has 1 saturated heterocycles. The maximum absolute atomic E-state index is 13.2. The maximum atomic E-state index is 13.2. The molecule has 5 nitrogen and oxygen atoms in total. The number of aromatic nitrogens is 3. The van der Waals surface area contributed by atoms with Gasteiger partial charge in [-0.05, 0) is 49.2 Å². The number of halogens is 1. The van der Waals surface area contributed by atoms with Crippen molar-refractivity contribution >= 4 is 5.91 Å². The van der Waals surface area contributed by atoms with Gasteiger partial charge in [0.05, 0.1) is 11.7 Å². The van der Waals surface area contributed by atoms with E-state index < -0.39 is 0 Å². The van der Waals surface area contributed by atoms with Gasteiger partial charge in [-0.2, -0.15) is 0 Å². The minimum Gasteiger partial charge on any atom is -0.347 e. The molecule has 2 unspecified atom stereocenters. The van der Waals surface area contributed by atoms with Gasteiger partial charge in [-0.25, -0.2) is 14.4 Å². The molecule has 136 valence electrons. The molecule has 2 atom stereocenters. The Labute approximate surface area is 156 Å². The van der Waals surface area contributed by atoms with Gasteiger partial charge < -0.3 is 9.47 Å². The molecule has 3 aromatic rings. The van der Waals surface area contributed by atoms with Crippen LogP contribution in [0.2, 0.25) is 0 Å². The monoisotopic (exact) mass is 362 g/mol. The summed E-state index contributed by atoms with van der Waals surface area (Å²) in [5, 5.41) is 0. The molecule has 0 N–H and O–H groups in total. The zero-order chi connectivity index (χ0) is 18.5. The molecule has 0 aliphatic carbocycles. The molecule has 4 heterocycles. The number of amides is 1. The molecule has 1 amide bonds. The molecule has 2 bridgehead atoms. The van der Waals surface area contributed by atoms with Crippen molar-refractivity contribution < 1.29 is 9.18 Å². The predicted octanol–water partition coefficient (Wildman–Crippen LogP) is 3.52. The maximum Gasteiger partial charge on any atom is 0.271 e. The summed E-state index contributed by atoms with van der Waals surface area (Å²) >= 11 is 0. The number of carbonyl (C=O) groups is 1. The Kier molecular flexibility index (Phi) is 3.60. The first kappa shape index (κ1) is 16.2. The Bertz CT molecular complexity index is 1030. The van der Waals surface area contributed by atoms with E-state index in [1.54, 1.807) is 12.1 Å². The molecule has 2 aliphatic heterocycles. The molecule has 0 spiro atoms. The fourth-order valence-corrected chi connectivity index (χ4v) is 4.34. The van der Waals surface area contributed by atoms with Crippen molar-refractivity contribution in [1.82, 2.24) is 19.4 Å². The van der Waals surface area contributed by atoms with Crippen LogP contribution in [-0.4, -0.2) is 31.4 Å². The zero-order valence-electron chi connectivity index (χ0n) is 15.0. The molecule has 1 aromatic carbocycles. The van der Waals surface area contributed by atoms with E-state index in [0.717, 1.165) is 36.1 Å². The molecule has 1 fully saturated rings. The highest BCUT2D eigenvalue weighted by molar-refractivity contribution is 5.93. The second-order valence-electron chi connectivity index (χ2n) is 7.27. The van der Waals surface area contributed by atoms with Gasteiger partial charge in [0.1, 0.15) is 11.5 Å². The Morgan fingerprint density at radius 3 is 2.74 bits per heavy atom. The SMILES string of the molecule is Cn1cccc1C(=O)N1C2CCC1c1cnc(-c3ccc(F)cc3)nc1C2. The minimum absolute atomic E-state index is 0.0309. The molecule has 27 heavy (non-hydrogen) atoms. The minimum atomic E-state index is -0.274. The number of rotatable bonds is 2. The van der Waals surface area contributed by atoms with Crippen LogP contribution in [0.4, 0.5) is 4.39 Å². The molecule has 2 aliphatic rings. The summed E-state index contributed by atoms with van der Waals surface area (Å²) in [6.07, 6.45) is 6.39. The van der Waals surface area contributed by atoms with Crippen LogP contribution >= 0.6 is 0 Å². The second kappa shape index (κ2) is 6.01. The summed E-state index contributed by atoms with van der Waals surface area (Å²) in [5.74, 6) is 0.406. The van der Waals surface area contributed by atoms with Gasteiger partial charge in [0.15, 0.2) is 5.82 Å². The lowest BCUT2D eigenvalue weighted by atomic mass is 9.98. The van der Waals surface area contributed by atoms with E-state index in [1.165, 1.54) is 12.1 Å². The second-order valence-corrected chi connectivity index (χ2v) is 7.27. The Hall–Kier alpha value is -3.02. The number of aryl methyl sites for hydroxylation is 1. The summed E-state index contributed by atoms with van der Waals surface area (Å²) in [4.78, 5) is 24.4. The smallest absolute Gasteiger partial charge is 0.271 e. The first-order valence-corrected chi connectivity index (χ1v) is 9.17. The third kappa shape index (κ3) is 2.55. The molecule has 5 rings (SSSR count). The van der Waals surface area contributed by atoms with Crippen LogP contribution < -0.4 is 0 Å². The lowest BCUT2D eigenvalue weighted by Gasteiger charge is -2.35. The fourth-order valence-electron chi connectivity index (χ4n) is 4.34. The van der Waals surface area contributed by atoms with Gasteiger partial charge >= 0.3 is 0 Å². The van der Waals surface area contributed by atoms with Crippen molar-refractivity contribution in [1.29, 1.82) is 0 Å². The molecular weight excluding hydrogens is 343 g/mol. The van der Waals surface area contributed by atoms with Crippen LogP contribution in [0.3, 0.4) is 0 Å². The van der Waals surface area contributed by atoms with Crippen LogP contribution in [0.5, 0.6) is 0 Å². The average Bonchev–Trinajstić information content (AvgIpc) is 3.24. The van der Waals surface area contributed by atoms with E-state index >= 15 is 0 Å². The highest BCUT2D eigenvalue weighted by atomic mass is 19.1. The summed E-state index contributed by atoms with van der Waals surface area (Å²) < 4.78 is 15.0. The largest absolute Gasteiger partial charge is 0.347 e. The van der Waals surface area contributed by atoms with Crippen molar-refractivity contribution in [3.05, 3.63) is 71.6 Å². The third-order valence-electron chi connectivity index (χ3n) is 5.69.